The molecule has 0 saturated carbocycles. The first-order valence-electron chi connectivity index (χ1n) is 6.84. The second-order valence-corrected chi connectivity index (χ2v) is 5.25. The van der Waals surface area contributed by atoms with Gasteiger partial charge >= 0.3 is 5.97 Å². The summed E-state index contributed by atoms with van der Waals surface area (Å²) in [4.78, 5) is 11.0. The molecule has 4 heteroatoms. The molecule has 2 aromatic rings. The van der Waals surface area contributed by atoms with E-state index in [-0.39, 0.29) is 17.4 Å². The van der Waals surface area contributed by atoms with Gasteiger partial charge in [-0.2, -0.15) is 0 Å². The van der Waals surface area contributed by atoms with Crippen molar-refractivity contribution in [1.82, 2.24) is 0 Å². The lowest BCUT2D eigenvalue weighted by Gasteiger charge is -2.17. The number of anilines is 1. The summed E-state index contributed by atoms with van der Waals surface area (Å²) in [5.74, 6) is -0.673. The van der Waals surface area contributed by atoms with Crippen molar-refractivity contribution < 1.29 is 15.0 Å². The molecule has 0 fully saturated rings. The summed E-state index contributed by atoms with van der Waals surface area (Å²) < 4.78 is 0. The van der Waals surface area contributed by atoms with Crippen LogP contribution >= 0.6 is 0 Å². The van der Waals surface area contributed by atoms with Crippen LogP contribution in [0.3, 0.4) is 0 Å². The molecule has 21 heavy (non-hydrogen) atoms. The fourth-order valence-corrected chi connectivity index (χ4v) is 2.21. The number of carbonyl (C=O) groups is 1. The van der Waals surface area contributed by atoms with Gasteiger partial charge in [-0.3, -0.25) is 0 Å². The maximum atomic E-state index is 11.0. The molecule has 4 nitrogen and oxygen atoms in total. The molecule has 0 aromatic heterocycles. The molecule has 0 aliphatic carbocycles. The van der Waals surface area contributed by atoms with Crippen molar-refractivity contribution in [3.05, 3.63) is 59.2 Å². The van der Waals surface area contributed by atoms with E-state index >= 15 is 0 Å². The van der Waals surface area contributed by atoms with Gasteiger partial charge in [0.05, 0.1) is 5.56 Å². The van der Waals surface area contributed by atoms with Crippen LogP contribution < -0.4 is 5.32 Å². The van der Waals surface area contributed by atoms with Crippen LogP contribution in [0.2, 0.25) is 0 Å². The summed E-state index contributed by atoms with van der Waals surface area (Å²) in [6.07, 6.45) is 0.789. The average molecular weight is 285 g/mol. The third-order valence-corrected chi connectivity index (χ3v) is 3.36. The molecule has 0 saturated heterocycles. The standard InChI is InChI=1S/C17H19NO3/c1-11-3-6-14(17(20)21)10-16(11)18-12(2)9-13-4-7-15(19)8-5-13/h3-8,10,12,18-19H,9H2,1-2H3,(H,20,21). The Kier molecular flexibility index (Phi) is 4.48. The lowest BCUT2D eigenvalue weighted by atomic mass is 10.1. The number of carboxylic acids is 1. The van der Waals surface area contributed by atoms with E-state index < -0.39 is 5.97 Å². The number of phenolic OH excluding ortho intramolecular Hbond substituents is 1. The zero-order chi connectivity index (χ0) is 15.4. The molecule has 0 amide bonds. The van der Waals surface area contributed by atoms with Crippen LogP contribution in [-0.4, -0.2) is 22.2 Å². The van der Waals surface area contributed by atoms with Gasteiger partial charge in [-0.1, -0.05) is 18.2 Å². The number of aryl methyl sites for hydroxylation is 1. The minimum atomic E-state index is -0.927. The van der Waals surface area contributed by atoms with Crippen molar-refractivity contribution >= 4 is 11.7 Å². The van der Waals surface area contributed by atoms with Crippen LogP contribution in [0, 0.1) is 6.92 Å². The summed E-state index contributed by atoms with van der Waals surface area (Å²) >= 11 is 0. The van der Waals surface area contributed by atoms with Crippen LogP contribution in [0.5, 0.6) is 5.75 Å². The predicted octanol–water partition coefficient (Wildman–Crippen LogP) is 3.44. The zero-order valence-electron chi connectivity index (χ0n) is 12.1. The molecule has 2 rings (SSSR count). The van der Waals surface area contributed by atoms with Crippen LogP contribution in [0.4, 0.5) is 5.69 Å². The lowest BCUT2D eigenvalue weighted by Crippen LogP contribution is -2.19. The highest BCUT2D eigenvalue weighted by Crippen LogP contribution is 2.19. The van der Waals surface area contributed by atoms with Crippen LogP contribution in [0.1, 0.15) is 28.4 Å². The number of benzene rings is 2. The number of phenols is 1. The van der Waals surface area contributed by atoms with E-state index in [1.807, 2.05) is 26.0 Å². The molecule has 110 valence electrons. The van der Waals surface area contributed by atoms with Gasteiger partial charge in [0.1, 0.15) is 5.75 Å². The third-order valence-electron chi connectivity index (χ3n) is 3.36. The molecular weight excluding hydrogens is 266 g/mol. The SMILES string of the molecule is Cc1ccc(C(=O)O)cc1NC(C)Cc1ccc(O)cc1. The van der Waals surface area contributed by atoms with Gasteiger partial charge in [-0.25, -0.2) is 4.79 Å². The van der Waals surface area contributed by atoms with Crippen molar-refractivity contribution in [3.8, 4) is 5.75 Å². The predicted molar refractivity (Wildman–Crippen MR) is 83.0 cm³/mol. The number of hydrogen-bond donors (Lipinski definition) is 3. The lowest BCUT2D eigenvalue weighted by molar-refractivity contribution is 0.0697. The highest BCUT2D eigenvalue weighted by molar-refractivity contribution is 5.89. The van der Waals surface area contributed by atoms with Crippen molar-refractivity contribution in [3.63, 3.8) is 0 Å². The summed E-state index contributed by atoms with van der Waals surface area (Å²) in [7, 11) is 0. The summed E-state index contributed by atoms with van der Waals surface area (Å²) in [5.41, 5.74) is 3.23. The number of carboxylic acid groups (broad SMARTS) is 1. The molecule has 0 heterocycles. The van der Waals surface area contributed by atoms with Gasteiger partial charge in [-0.15, -0.1) is 0 Å². The van der Waals surface area contributed by atoms with Gasteiger partial charge in [0, 0.05) is 11.7 Å². The topological polar surface area (TPSA) is 69.6 Å². The Morgan fingerprint density at radius 1 is 1.19 bits per heavy atom. The molecule has 0 radical (unpaired) electrons. The van der Waals surface area contributed by atoms with E-state index in [1.54, 1.807) is 30.3 Å². The first kappa shape index (κ1) is 14.9. The van der Waals surface area contributed by atoms with Gasteiger partial charge in [0.15, 0.2) is 0 Å². The zero-order valence-corrected chi connectivity index (χ0v) is 12.1. The van der Waals surface area contributed by atoms with Gasteiger partial charge in [0.2, 0.25) is 0 Å². The number of rotatable bonds is 5. The summed E-state index contributed by atoms with van der Waals surface area (Å²) in [6, 6.07) is 12.3. The van der Waals surface area contributed by atoms with E-state index in [0.717, 1.165) is 23.2 Å². The number of hydrogen-bond acceptors (Lipinski definition) is 3. The van der Waals surface area contributed by atoms with E-state index in [2.05, 4.69) is 5.32 Å². The normalized spacial score (nSPS) is 11.9. The number of aromatic hydroxyl groups is 1. The van der Waals surface area contributed by atoms with Crippen molar-refractivity contribution in [2.75, 3.05) is 5.32 Å². The minimum absolute atomic E-state index is 0.150. The molecule has 2 aromatic carbocycles. The van der Waals surface area contributed by atoms with Gasteiger partial charge in [0.25, 0.3) is 0 Å². The van der Waals surface area contributed by atoms with E-state index in [9.17, 15) is 9.90 Å². The maximum absolute atomic E-state index is 11.0. The number of aromatic carboxylic acids is 1. The molecule has 3 N–H and O–H groups in total. The van der Waals surface area contributed by atoms with Crippen LogP contribution in [0.25, 0.3) is 0 Å². The largest absolute Gasteiger partial charge is 0.508 e. The summed E-state index contributed by atoms with van der Waals surface area (Å²) in [5, 5.41) is 21.7. The Morgan fingerprint density at radius 3 is 2.48 bits per heavy atom. The third kappa shape index (κ3) is 3.99. The number of nitrogens with one attached hydrogen (secondary N) is 1. The fraction of sp³-hybridized carbons (Fsp3) is 0.235. The molecule has 0 aliphatic rings. The Bertz CT molecular complexity index is 635. The molecule has 1 unspecified atom stereocenters. The van der Waals surface area contributed by atoms with E-state index in [4.69, 9.17) is 5.11 Å². The molecule has 0 bridgehead atoms. The highest BCUT2D eigenvalue weighted by Gasteiger charge is 2.09. The smallest absolute Gasteiger partial charge is 0.335 e. The molecule has 0 spiro atoms. The molecule has 0 aliphatic heterocycles. The Morgan fingerprint density at radius 2 is 1.86 bits per heavy atom. The van der Waals surface area contributed by atoms with Gasteiger partial charge < -0.3 is 15.5 Å². The van der Waals surface area contributed by atoms with Crippen LogP contribution in [0.15, 0.2) is 42.5 Å². The first-order chi connectivity index (χ1) is 9.95. The van der Waals surface area contributed by atoms with Crippen LogP contribution in [-0.2, 0) is 6.42 Å². The Hall–Kier alpha value is -2.49. The minimum Gasteiger partial charge on any atom is -0.508 e. The Balaban J connectivity index is 2.08. The second-order valence-electron chi connectivity index (χ2n) is 5.25. The van der Waals surface area contributed by atoms with Crippen molar-refractivity contribution in [2.24, 2.45) is 0 Å². The quantitative estimate of drug-likeness (QED) is 0.787. The van der Waals surface area contributed by atoms with Crippen molar-refractivity contribution in [1.29, 1.82) is 0 Å². The highest BCUT2D eigenvalue weighted by atomic mass is 16.4. The Labute approximate surface area is 124 Å². The first-order valence-corrected chi connectivity index (χ1v) is 6.84. The maximum Gasteiger partial charge on any atom is 0.335 e. The molecule has 1 atom stereocenters. The molecular formula is C17H19NO3. The monoisotopic (exact) mass is 285 g/mol. The van der Waals surface area contributed by atoms with E-state index in [0.29, 0.717) is 0 Å². The summed E-state index contributed by atoms with van der Waals surface area (Å²) in [6.45, 7) is 3.99. The average Bonchev–Trinajstić information content (AvgIpc) is 2.43. The second kappa shape index (κ2) is 6.31. The van der Waals surface area contributed by atoms with Gasteiger partial charge in [-0.05, 0) is 55.7 Å². The van der Waals surface area contributed by atoms with Crippen molar-refractivity contribution in [2.45, 2.75) is 26.3 Å². The fourth-order valence-electron chi connectivity index (χ4n) is 2.21. The van der Waals surface area contributed by atoms with E-state index in [1.165, 1.54) is 0 Å².